The number of anilines is 1. The molecule has 2 fully saturated rings. The van der Waals surface area contributed by atoms with Gasteiger partial charge in [0.2, 0.25) is 5.91 Å². The molecule has 8 nitrogen and oxygen atoms in total. The van der Waals surface area contributed by atoms with Crippen molar-refractivity contribution in [2.45, 2.75) is 25.3 Å². The number of rotatable bonds is 7. The fourth-order valence-corrected chi connectivity index (χ4v) is 4.90. The summed E-state index contributed by atoms with van der Waals surface area (Å²) in [4.78, 5) is 12.4. The Morgan fingerprint density at radius 2 is 2.19 bits per heavy atom. The summed E-state index contributed by atoms with van der Waals surface area (Å²) in [7, 11) is -3.79. The number of carbonyl (C=O) groups excluding carboxylic acids is 1. The zero-order valence-corrected chi connectivity index (χ0v) is 15.9. The van der Waals surface area contributed by atoms with Gasteiger partial charge in [-0.2, -0.15) is 17.4 Å². The van der Waals surface area contributed by atoms with E-state index in [1.807, 2.05) is 0 Å². The molecule has 2 aliphatic heterocycles. The van der Waals surface area contributed by atoms with Gasteiger partial charge in [-0.15, -0.1) is 0 Å². The van der Waals surface area contributed by atoms with Crippen molar-refractivity contribution in [1.82, 2.24) is 9.03 Å². The number of aryl methyl sites for hydroxylation is 1. The number of aliphatic hydroxyl groups is 1. The predicted octanol–water partition coefficient (Wildman–Crippen LogP) is 0.380. The number of amides is 1. The molecule has 3 rings (SSSR count). The predicted molar refractivity (Wildman–Crippen MR) is 96.8 cm³/mol. The van der Waals surface area contributed by atoms with Gasteiger partial charge in [0, 0.05) is 25.4 Å². The minimum atomic E-state index is -3.79. The number of halogens is 1. The second kappa shape index (κ2) is 7.80. The van der Waals surface area contributed by atoms with E-state index in [-0.39, 0.29) is 51.1 Å². The summed E-state index contributed by atoms with van der Waals surface area (Å²) >= 11 is 0. The lowest BCUT2D eigenvalue weighted by Crippen LogP contribution is -2.64. The van der Waals surface area contributed by atoms with Crippen LogP contribution in [0.25, 0.3) is 0 Å². The Labute approximate surface area is 157 Å². The Morgan fingerprint density at radius 3 is 2.78 bits per heavy atom. The highest BCUT2D eigenvalue weighted by Gasteiger charge is 2.44. The number of nitrogens with one attached hydrogen (secondary N) is 2. The van der Waals surface area contributed by atoms with Gasteiger partial charge in [-0.3, -0.25) is 4.79 Å². The first-order chi connectivity index (χ1) is 12.7. The van der Waals surface area contributed by atoms with Crippen molar-refractivity contribution in [3.05, 3.63) is 29.6 Å². The van der Waals surface area contributed by atoms with Crippen molar-refractivity contribution in [2.24, 2.45) is 5.92 Å². The zero-order chi connectivity index (χ0) is 19.7. The van der Waals surface area contributed by atoms with Gasteiger partial charge in [0.25, 0.3) is 10.2 Å². The molecule has 0 radical (unpaired) electrons. The van der Waals surface area contributed by atoms with Crippen LogP contribution in [0.4, 0.5) is 10.1 Å². The van der Waals surface area contributed by atoms with Crippen molar-refractivity contribution >= 4 is 21.8 Å². The molecule has 10 heteroatoms. The molecule has 2 saturated heterocycles. The molecule has 0 saturated carbocycles. The van der Waals surface area contributed by atoms with Crippen LogP contribution in [0.2, 0.25) is 0 Å². The highest BCUT2D eigenvalue weighted by atomic mass is 32.2. The fraction of sp³-hybridized carbons (Fsp3) is 0.588. The number of carbonyl (C=O) groups is 1. The molecule has 1 aromatic rings. The third-order valence-corrected chi connectivity index (χ3v) is 6.68. The van der Waals surface area contributed by atoms with Gasteiger partial charge in [-0.25, -0.2) is 4.39 Å². The number of nitrogens with zero attached hydrogens (tertiary/aromatic N) is 1. The standard InChI is InChI=1S/C17H24FN3O5S/c1-12-8-14(2-3-15(12)18)19-16(23)13-4-6-21(9-13)27(24,25)20-17(5-7-22)10-26-11-17/h2-3,8,13,20,22H,4-7,9-11H2,1H3,(H,19,23)/t13-/m0/s1. The van der Waals surface area contributed by atoms with Crippen molar-refractivity contribution in [2.75, 3.05) is 38.2 Å². The van der Waals surface area contributed by atoms with Crippen molar-refractivity contribution in [1.29, 1.82) is 0 Å². The molecule has 3 N–H and O–H groups in total. The van der Waals surface area contributed by atoms with E-state index in [9.17, 15) is 17.6 Å². The van der Waals surface area contributed by atoms with Crippen molar-refractivity contribution < 1.29 is 27.4 Å². The molecule has 1 amide bonds. The first-order valence-corrected chi connectivity index (χ1v) is 10.2. The molecule has 0 spiro atoms. The lowest BCUT2D eigenvalue weighted by Gasteiger charge is -2.42. The van der Waals surface area contributed by atoms with Crippen LogP contribution in [-0.4, -0.2) is 62.2 Å². The Morgan fingerprint density at radius 1 is 1.44 bits per heavy atom. The Kier molecular flexibility index (Phi) is 5.82. The molecule has 2 aliphatic rings. The van der Waals surface area contributed by atoms with Crippen molar-refractivity contribution in [3.8, 4) is 0 Å². The maximum Gasteiger partial charge on any atom is 0.280 e. The van der Waals surface area contributed by atoms with E-state index < -0.39 is 21.7 Å². The lowest BCUT2D eigenvalue weighted by atomic mass is 9.95. The Balaban J connectivity index is 1.60. The van der Waals surface area contributed by atoms with Crippen LogP contribution in [0, 0.1) is 18.7 Å². The number of hydrogen-bond acceptors (Lipinski definition) is 5. The molecular formula is C17H24FN3O5S. The molecule has 2 heterocycles. The van der Waals surface area contributed by atoms with Gasteiger partial charge < -0.3 is 15.2 Å². The van der Waals surface area contributed by atoms with Crippen LogP contribution < -0.4 is 10.0 Å². The third kappa shape index (κ3) is 4.46. The van der Waals surface area contributed by atoms with Crippen LogP contribution in [0.3, 0.4) is 0 Å². The highest BCUT2D eigenvalue weighted by Crippen LogP contribution is 2.26. The van der Waals surface area contributed by atoms with Crippen LogP contribution in [0.15, 0.2) is 18.2 Å². The van der Waals surface area contributed by atoms with E-state index in [4.69, 9.17) is 9.84 Å². The fourth-order valence-electron chi connectivity index (χ4n) is 3.28. The Bertz CT molecular complexity index is 813. The normalized spacial score (nSPS) is 22.4. The van der Waals surface area contributed by atoms with E-state index in [2.05, 4.69) is 10.0 Å². The van der Waals surface area contributed by atoms with Gasteiger partial charge >= 0.3 is 0 Å². The van der Waals surface area contributed by atoms with E-state index >= 15 is 0 Å². The molecule has 27 heavy (non-hydrogen) atoms. The summed E-state index contributed by atoms with van der Waals surface area (Å²) in [6, 6.07) is 4.29. The largest absolute Gasteiger partial charge is 0.396 e. The lowest BCUT2D eigenvalue weighted by molar-refractivity contribution is -0.119. The molecule has 0 aliphatic carbocycles. The van der Waals surface area contributed by atoms with Gasteiger partial charge in [0.05, 0.1) is 24.7 Å². The summed E-state index contributed by atoms with van der Waals surface area (Å²) in [5, 5.41) is 11.9. The summed E-state index contributed by atoms with van der Waals surface area (Å²) in [6.45, 7) is 2.19. The quantitative estimate of drug-likeness (QED) is 0.612. The minimum Gasteiger partial charge on any atom is -0.396 e. The second-order valence-corrected chi connectivity index (χ2v) is 8.82. The molecule has 1 aromatic carbocycles. The van der Waals surface area contributed by atoms with Gasteiger partial charge in [0.15, 0.2) is 0 Å². The van der Waals surface area contributed by atoms with E-state index in [1.165, 1.54) is 22.5 Å². The molecule has 0 unspecified atom stereocenters. The minimum absolute atomic E-state index is 0.0669. The summed E-state index contributed by atoms with van der Waals surface area (Å²) in [5.74, 6) is -1.14. The summed E-state index contributed by atoms with van der Waals surface area (Å²) in [6.07, 6.45) is 0.671. The van der Waals surface area contributed by atoms with Gasteiger partial charge in [-0.05, 0) is 43.5 Å². The smallest absolute Gasteiger partial charge is 0.280 e. The monoisotopic (exact) mass is 401 g/mol. The third-order valence-electron chi connectivity index (χ3n) is 4.98. The van der Waals surface area contributed by atoms with Crippen LogP contribution in [0.5, 0.6) is 0 Å². The SMILES string of the molecule is Cc1cc(NC(=O)[C@H]2CCN(S(=O)(=O)NC3(CCO)COC3)C2)ccc1F. The first-order valence-electron chi connectivity index (χ1n) is 8.79. The zero-order valence-electron chi connectivity index (χ0n) is 15.1. The molecule has 150 valence electrons. The average molecular weight is 401 g/mol. The maximum absolute atomic E-state index is 13.3. The van der Waals surface area contributed by atoms with E-state index in [0.717, 1.165) is 0 Å². The number of benzene rings is 1. The Hall–Kier alpha value is -1.59. The number of ether oxygens (including phenoxy) is 1. The molecular weight excluding hydrogens is 377 g/mol. The van der Waals surface area contributed by atoms with Crippen molar-refractivity contribution in [3.63, 3.8) is 0 Å². The second-order valence-electron chi connectivity index (χ2n) is 7.15. The summed E-state index contributed by atoms with van der Waals surface area (Å²) < 4.78 is 47.5. The van der Waals surface area contributed by atoms with E-state index in [1.54, 1.807) is 6.92 Å². The average Bonchev–Trinajstić information content (AvgIpc) is 3.07. The molecule has 1 atom stereocenters. The number of hydrogen-bond donors (Lipinski definition) is 3. The van der Waals surface area contributed by atoms with E-state index in [0.29, 0.717) is 17.7 Å². The van der Waals surface area contributed by atoms with Crippen LogP contribution in [-0.2, 0) is 19.7 Å². The summed E-state index contributed by atoms with van der Waals surface area (Å²) in [5.41, 5.74) is 0.121. The topological polar surface area (TPSA) is 108 Å². The highest BCUT2D eigenvalue weighted by molar-refractivity contribution is 7.87. The van der Waals surface area contributed by atoms with Crippen LogP contribution in [0.1, 0.15) is 18.4 Å². The number of aliphatic hydroxyl groups excluding tert-OH is 1. The molecule has 0 bridgehead atoms. The van der Waals surface area contributed by atoms with Gasteiger partial charge in [-0.1, -0.05) is 0 Å². The maximum atomic E-state index is 13.3. The molecule has 0 aromatic heterocycles. The van der Waals surface area contributed by atoms with Gasteiger partial charge in [0.1, 0.15) is 5.82 Å². The van der Waals surface area contributed by atoms with Crippen LogP contribution >= 0.6 is 0 Å². The first kappa shape index (κ1) is 20.2.